The lowest BCUT2D eigenvalue weighted by Crippen LogP contribution is -2.56. The van der Waals surface area contributed by atoms with E-state index in [0.29, 0.717) is 42.8 Å². The van der Waals surface area contributed by atoms with Gasteiger partial charge in [-0.1, -0.05) is 0 Å². The largest absolute Gasteiger partial charge is 0.435 e. The molecule has 0 unspecified atom stereocenters. The number of halogens is 5. The molecule has 2 aromatic carbocycles. The summed E-state index contributed by atoms with van der Waals surface area (Å²) in [5.74, 6) is -4.83. The zero-order valence-corrected chi connectivity index (χ0v) is 22.5. The first-order valence-corrected chi connectivity index (χ1v) is 13.5. The number of piperidine rings is 1. The van der Waals surface area contributed by atoms with Crippen molar-refractivity contribution in [3.05, 3.63) is 90.1 Å². The maximum Gasteiger partial charge on any atom is 0.387 e. The van der Waals surface area contributed by atoms with Crippen molar-refractivity contribution in [1.82, 2.24) is 19.7 Å². The van der Waals surface area contributed by atoms with Crippen LogP contribution in [0.3, 0.4) is 0 Å². The lowest BCUT2D eigenvalue weighted by molar-refractivity contribution is -0.123. The van der Waals surface area contributed by atoms with Gasteiger partial charge in [-0.3, -0.25) is 14.6 Å². The predicted molar refractivity (Wildman–Crippen MR) is 145 cm³/mol. The molecule has 4 aromatic rings. The van der Waals surface area contributed by atoms with Crippen molar-refractivity contribution in [1.29, 1.82) is 0 Å². The maximum atomic E-state index is 14.1. The quantitative estimate of drug-likeness (QED) is 0.219. The van der Waals surface area contributed by atoms with Crippen LogP contribution in [0.2, 0.25) is 0 Å². The van der Waals surface area contributed by atoms with Crippen LogP contribution < -0.4 is 9.64 Å². The number of likely N-dealkylation sites (tertiary alicyclic amines) is 1. The van der Waals surface area contributed by atoms with Crippen LogP contribution >= 0.6 is 0 Å². The fourth-order valence-electron chi connectivity index (χ4n) is 5.85. The Labute approximate surface area is 242 Å². The van der Waals surface area contributed by atoms with Crippen molar-refractivity contribution in [2.45, 2.75) is 31.4 Å². The molecular weight excluding hydrogens is 573 g/mol. The highest BCUT2D eigenvalue weighted by atomic mass is 19.3. The molecule has 13 heteroatoms. The average molecular weight is 598 g/mol. The molecule has 0 aliphatic carbocycles. The molecule has 0 bridgehead atoms. The van der Waals surface area contributed by atoms with E-state index < -0.39 is 35.5 Å². The number of ether oxygens (including phenoxy) is 1. The van der Waals surface area contributed by atoms with Crippen molar-refractivity contribution in [2.24, 2.45) is 0 Å². The molecule has 2 aliphatic heterocycles. The minimum absolute atomic E-state index is 0.00921. The summed E-state index contributed by atoms with van der Waals surface area (Å²) in [5.41, 5.74) is 0.519. The van der Waals surface area contributed by atoms with E-state index in [1.54, 1.807) is 29.2 Å². The standard InChI is InChI=1S/C30H24F5N5O3/c31-22-14-20(15-23(32)27(22)33)40-25(18-2-1-10-36-17-18)16-24(37-40)28(42)38-12-8-30(9-13-38)26(41)7-11-39(30)19-3-5-21(6-4-19)43-29(34)35/h1-6,10,14-17,29H,7-9,11-13H2. The van der Waals surface area contributed by atoms with Gasteiger partial charge in [0, 0.05) is 61.8 Å². The van der Waals surface area contributed by atoms with Crippen LogP contribution in [0.15, 0.2) is 67.0 Å². The Hall–Kier alpha value is -4.81. The Morgan fingerprint density at radius 1 is 0.930 bits per heavy atom. The van der Waals surface area contributed by atoms with E-state index in [1.807, 2.05) is 4.90 Å². The smallest absolute Gasteiger partial charge is 0.387 e. The van der Waals surface area contributed by atoms with E-state index in [2.05, 4.69) is 14.8 Å². The monoisotopic (exact) mass is 597 g/mol. The summed E-state index contributed by atoms with van der Waals surface area (Å²) < 4.78 is 72.6. The van der Waals surface area contributed by atoms with Crippen LogP contribution in [0.5, 0.6) is 5.75 Å². The summed E-state index contributed by atoms with van der Waals surface area (Å²) in [6.45, 7) is -2.05. The number of alkyl halides is 2. The topological polar surface area (TPSA) is 80.6 Å². The van der Waals surface area contributed by atoms with Gasteiger partial charge in [0.25, 0.3) is 5.91 Å². The van der Waals surface area contributed by atoms with Crippen LogP contribution in [-0.2, 0) is 4.79 Å². The van der Waals surface area contributed by atoms with Crippen molar-refractivity contribution in [2.75, 3.05) is 24.5 Å². The van der Waals surface area contributed by atoms with E-state index in [-0.39, 0.29) is 36.0 Å². The third kappa shape index (κ3) is 5.19. The first kappa shape index (κ1) is 28.3. The Morgan fingerprint density at radius 3 is 2.26 bits per heavy atom. The number of carbonyl (C=O) groups excluding carboxylic acids is 2. The lowest BCUT2D eigenvalue weighted by Gasteiger charge is -2.44. The van der Waals surface area contributed by atoms with Gasteiger partial charge in [0.1, 0.15) is 11.3 Å². The molecule has 1 spiro atoms. The number of aromatic nitrogens is 3. The van der Waals surface area contributed by atoms with Gasteiger partial charge in [0.2, 0.25) is 0 Å². The number of benzene rings is 2. The minimum Gasteiger partial charge on any atom is -0.435 e. The highest BCUT2D eigenvalue weighted by Crippen LogP contribution is 2.40. The fourth-order valence-corrected chi connectivity index (χ4v) is 5.85. The molecule has 2 fully saturated rings. The molecule has 1 amide bonds. The van der Waals surface area contributed by atoms with Gasteiger partial charge in [-0.2, -0.15) is 13.9 Å². The normalized spacial score (nSPS) is 16.4. The van der Waals surface area contributed by atoms with Crippen LogP contribution in [0, 0.1) is 17.5 Å². The Bertz CT molecular complexity index is 1650. The van der Waals surface area contributed by atoms with Crippen LogP contribution in [0.4, 0.5) is 27.6 Å². The third-order valence-electron chi connectivity index (χ3n) is 7.95. The summed E-state index contributed by atoms with van der Waals surface area (Å²) in [5, 5.41) is 4.34. The summed E-state index contributed by atoms with van der Waals surface area (Å²) in [4.78, 5) is 34.4. The number of carbonyl (C=O) groups is 2. The number of Topliss-reactive ketones (excluding diaryl/α,β-unsaturated/α-hetero) is 1. The third-order valence-corrected chi connectivity index (χ3v) is 7.95. The zero-order chi connectivity index (χ0) is 30.3. The van der Waals surface area contributed by atoms with Gasteiger partial charge < -0.3 is 14.5 Å². The first-order chi connectivity index (χ1) is 20.7. The number of ketones is 1. The van der Waals surface area contributed by atoms with E-state index >= 15 is 0 Å². The first-order valence-electron chi connectivity index (χ1n) is 13.5. The van der Waals surface area contributed by atoms with Gasteiger partial charge in [-0.25, -0.2) is 17.9 Å². The predicted octanol–water partition coefficient (Wildman–Crippen LogP) is 5.41. The van der Waals surface area contributed by atoms with Crippen molar-refractivity contribution in [3.8, 4) is 22.7 Å². The minimum atomic E-state index is -2.95. The molecule has 0 radical (unpaired) electrons. The maximum absolute atomic E-state index is 14.1. The average Bonchev–Trinajstić information content (AvgIpc) is 3.58. The molecule has 8 nitrogen and oxygen atoms in total. The van der Waals surface area contributed by atoms with E-state index in [4.69, 9.17) is 0 Å². The number of hydrogen-bond donors (Lipinski definition) is 0. The second-order valence-electron chi connectivity index (χ2n) is 10.3. The number of rotatable bonds is 6. The van der Waals surface area contributed by atoms with Crippen LogP contribution in [0.25, 0.3) is 16.9 Å². The molecule has 222 valence electrons. The molecule has 0 N–H and O–H groups in total. The summed E-state index contributed by atoms with van der Waals surface area (Å²) >= 11 is 0. The molecule has 2 aliphatic rings. The van der Waals surface area contributed by atoms with Crippen LogP contribution in [-0.4, -0.2) is 63.1 Å². The lowest BCUT2D eigenvalue weighted by atomic mass is 9.83. The number of anilines is 1. The molecule has 0 saturated carbocycles. The van der Waals surface area contributed by atoms with Gasteiger partial charge in [-0.15, -0.1) is 0 Å². The molecule has 6 rings (SSSR count). The number of pyridine rings is 1. The van der Waals surface area contributed by atoms with E-state index in [9.17, 15) is 31.5 Å². The molecule has 4 heterocycles. The molecular formula is C30H24F5N5O3. The van der Waals surface area contributed by atoms with Gasteiger partial charge >= 0.3 is 6.61 Å². The van der Waals surface area contributed by atoms with Crippen molar-refractivity contribution < 1.29 is 36.3 Å². The number of amides is 1. The van der Waals surface area contributed by atoms with Gasteiger partial charge in [-0.05, 0) is 55.3 Å². The summed E-state index contributed by atoms with van der Waals surface area (Å²) in [6, 6.07) is 12.5. The highest BCUT2D eigenvalue weighted by molar-refractivity contribution is 5.97. The molecule has 0 atom stereocenters. The van der Waals surface area contributed by atoms with Gasteiger partial charge in [0.05, 0.1) is 11.4 Å². The Kier molecular flexibility index (Phi) is 7.32. The SMILES string of the molecule is O=C(c1cc(-c2cccnc2)n(-c2cc(F)c(F)c(F)c2)n1)N1CCC2(CC1)C(=O)CCN2c1ccc(OC(F)F)cc1. The molecule has 43 heavy (non-hydrogen) atoms. The summed E-state index contributed by atoms with van der Waals surface area (Å²) in [6.07, 6.45) is 4.01. The Balaban J connectivity index is 1.25. The zero-order valence-electron chi connectivity index (χ0n) is 22.5. The highest BCUT2D eigenvalue weighted by Gasteiger charge is 2.50. The van der Waals surface area contributed by atoms with Crippen molar-refractivity contribution in [3.63, 3.8) is 0 Å². The molecule has 2 saturated heterocycles. The number of hydrogen-bond acceptors (Lipinski definition) is 6. The summed E-state index contributed by atoms with van der Waals surface area (Å²) in [7, 11) is 0. The van der Waals surface area contributed by atoms with Crippen LogP contribution in [0.1, 0.15) is 29.8 Å². The Morgan fingerprint density at radius 2 is 1.63 bits per heavy atom. The second kappa shape index (κ2) is 11.1. The second-order valence-corrected chi connectivity index (χ2v) is 10.3. The van der Waals surface area contributed by atoms with Gasteiger partial charge in [0.15, 0.2) is 28.9 Å². The van der Waals surface area contributed by atoms with E-state index in [0.717, 1.165) is 16.8 Å². The van der Waals surface area contributed by atoms with E-state index in [1.165, 1.54) is 30.6 Å². The van der Waals surface area contributed by atoms with Crippen molar-refractivity contribution >= 4 is 17.4 Å². The fraction of sp³-hybridized carbons (Fsp3) is 0.267. The molecule has 2 aromatic heterocycles. The number of nitrogens with zero attached hydrogens (tertiary/aromatic N) is 5.